The van der Waals surface area contributed by atoms with Gasteiger partial charge in [-0.3, -0.25) is 0 Å². The number of nitrogens with zero attached hydrogens (tertiary/aromatic N) is 2. The molecule has 1 saturated heterocycles. The summed E-state index contributed by atoms with van der Waals surface area (Å²) in [5.41, 5.74) is 8.04. The Labute approximate surface area is 120 Å². The Morgan fingerprint density at radius 2 is 2.16 bits per heavy atom. The minimum atomic E-state index is 0.473. The third-order valence-corrected chi connectivity index (χ3v) is 4.86. The summed E-state index contributed by atoms with van der Waals surface area (Å²) in [4.78, 5) is 7.55. The summed E-state index contributed by atoms with van der Waals surface area (Å²) in [5.74, 6) is 1.86. The first-order valence-corrected chi connectivity index (χ1v) is 7.61. The van der Waals surface area contributed by atoms with E-state index in [1.165, 1.54) is 32.1 Å². The molecule has 3 nitrogen and oxygen atoms in total. The predicted octanol–water partition coefficient (Wildman–Crippen LogP) is 2.79. The molecule has 1 aliphatic heterocycles. The maximum Gasteiger partial charge on any atom is 0.139 e. The lowest BCUT2D eigenvalue weighted by Gasteiger charge is -2.39. The van der Waals surface area contributed by atoms with Crippen molar-refractivity contribution >= 4 is 23.0 Å². The van der Waals surface area contributed by atoms with Crippen LogP contribution in [-0.4, -0.2) is 22.6 Å². The third-order valence-electron chi connectivity index (χ3n) is 4.65. The second-order valence-electron chi connectivity index (χ2n) is 5.78. The van der Waals surface area contributed by atoms with Crippen LogP contribution in [0.15, 0.2) is 12.3 Å². The summed E-state index contributed by atoms with van der Waals surface area (Å²) in [5, 5.41) is 0. The molecule has 0 aromatic carbocycles. The van der Waals surface area contributed by atoms with Gasteiger partial charge in [-0.05, 0) is 50.2 Å². The Bertz CT molecular complexity index is 500. The van der Waals surface area contributed by atoms with Crippen molar-refractivity contribution in [2.75, 3.05) is 11.4 Å². The molecule has 0 bridgehead atoms. The number of nitrogens with two attached hydrogens (primary N) is 1. The van der Waals surface area contributed by atoms with E-state index >= 15 is 0 Å². The zero-order valence-electron chi connectivity index (χ0n) is 11.4. The van der Waals surface area contributed by atoms with Gasteiger partial charge in [-0.2, -0.15) is 0 Å². The van der Waals surface area contributed by atoms with Crippen LogP contribution in [0.2, 0.25) is 0 Å². The first-order valence-electron chi connectivity index (χ1n) is 7.20. The minimum Gasteiger partial charge on any atom is -0.389 e. The van der Waals surface area contributed by atoms with E-state index < -0.39 is 0 Å². The SMILES string of the molecule is Cc1ccnc(N2CCCC3CCCC32)c1C(N)=S. The molecule has 2 atom stereocenters. The molecule has 2 fully saturated rings. The minimum absolute atomic E-state index is 0.473. The van der Waals surface area contributed by atoms with Crippen molar-refractivity contribution in [3.05, 3.63) is 23.4 Å². The van der Waals surface area contributed by atoms with Gasteiger partial charge in [0.25, 0.3) is 0 Å². The number of hydrogen-bond acceptors (Lipinski definition) is 3. The first-order chi connectivity index (χ1) is 9.18. The fourth-order valence-electron chi connectivity index (χ4n) is 3.78. The molecule has 1 aromatic heterocycles. The fraction of sp³-hybridized carbons (Fsp3) is 0.600. The Morgan fingerprint density at radius 1 is 1.37 bits per heavy atom. The largest absolute Gasteiger partial charge is 0.389 e. The van der Waals surface area contributed by atoms with Crippen molar-refractivity contribution in [2.24, 2.45) is 11.7 Å². The molecule has 2 unspecified atom stereocenters. The number of pyridine rings is 1. The van der Waals surface area contributed by atoms with Crippen molar-refractivity contribution in [1.29, 1.82) is 0 Å². The van der Waals surface area contributed by atoms with Gasteiger partial charge in [0.15, 0.2) is 0 Å². The van der Waals surface area contributed by atoms with E-state index in [4.69, 9.17) is 18.0 Å². The second-order valence-corrected chi connectivity index (χ2v) is 6.22. The third kappa shape index (κ3) is 2.22. The number of rotatable bonds is 2. The summed E-state index contributed by atoms with van der Waals surface area (Å²) in [6.45, 7) is 3.16. The van der Waals surface area contributed by atoms with Crippen molar-refractivity contribution in [3.63, 3.8) is 0 Å². The van der Waals surface area contributed by atoms with Crippen molar-refractivity contribution in [3.8, 4) is 0 Å². The standard InChI is InChI=1S/C15H21N3S/c1-10-7-8-17-15(13(10)14(16)19)18-9-3-5-11-4-2-6-12(11)18/h7-8,11-12H,2-6,9H2,1H3,(H2,16,19). The van der Waals surface area contributed by atoms with Crippen LogP contribution < -0.4 is 10.6 Å². The lowest BCUT2D eigenvalue weighted by molar-refractivity contribution is 0.360. The van der Waals surface area contributed by atoms with E-state index in [0.717, 1.165) is 29.4 Å². The highest BCUT2D eigenvalue weighted by atomic mass is 32.1. The number of anilines is 1. The molecule has 4 heteroatoms. The Kier molecular flexibility index (Phi) is 3.44. The average Bonchev–Trinajstić information content (AvgIpc) is 2.85. The van der Waals surface area contributed by atoms with Gasteiger partial charge in [0.2, 0.25) is 0 Å². The fourth-order valence-corrected chi connectivity index (χ4v) is 4.04. The topological polar surface area (TPSA) is 42.2 Å². The van der Waals surface area contributed by atoms with Crippen LogP contribution in [0.1, 0.15) is 43.2 Å². The van der Waals surface area contributed by atoms with E-state index in [1.54, 1.807) is 0 Å². The van der Waals surface area contributed by atoms with Crippen molar-refractivity contribution in [1.82, 2.24) is 4.98 Å². The van der Waals surface area contributed by atoms with Gasteiger partial charge in [-0.25, -0.2) is 4.98 Å². The molecule has 0 amide bonds. The van der Waals surface area contributed by atoms with Gasteiger partial charge < -0.3 is 10.6 Å². The number of hydrogen-bond donors (Lipinski definition) is 1. The van der Waals surface area contributed by atoms with Crippen LogP contribution in [-0.2, 0) is 0 Å². The van der Waals surface area contributed by atoms with Gasteiger partial charge in [-0.15, -0.1) is 0 Å². The number of aromatic nitrogens is 1. The summed E-state index contributed by atoms with van der Waals surface area (Å²) in [6, 6.07) is 2.64. The zero-order chi connectivity index (χ0) is 13.4. The highest BCUT2D eigenvalue weighted by molar-refractivity contribution is 7.80. The molecule has 2 aliphatic rings. The monoisotopic (exact) mass is 275 g/mol. The smallest absolute Gasteiger partial charge is 0.139 e. The Morgan fingerprint density at radius 3 is 2.95 bits per heavy atom. The van der Waals surface area contributed by atoms with Crippen LogP contribution >= 0.6 is 12.2 Å². The Balaban J connectivity index is 2.01. The maximum atomic E-state index is 5.92. The molecular formula is C15H21N3S. The highest BCUT2D eigenvalue weighted by Crippen LogP contribution is 2.39. The van der Waals surface area contributed by atoms with E-state index in [-0.39, 0.29) is 0 Å². The van der Waals surface area contributed by atoms with Crippen molar-refractivity contribution < 1.29 is 0 Å². The summed E-state index contributed by atoms with van der Waals surface area (Å²) < 4.78 is 0. The second kappa shape index (κ2) is 5.08. The molecule has 0 spiro atoms. The number of piperidine rings is 1. The Hall–Kier alpha value is -1.16. The summed E-state index contributed by atoms with van der Waals surface area (Å²) in [6.07, 6.45) is 8.51. The molecular weight excluding hydrogens is 254 g/mol. The molecule has 2 heterocycles. The van der Waals surface area contributed by atoms with Gasteiger partial charge in [0.05, 0.1) is 5.56 Å². The highest BCUT2D eigenvalue weighted by Gasteiger charge is 2.36. The van der Waals surface area contributed by atoms with E-state index in [9.17, 15) is 0 Å². The van der Waals surface area contributed by atoms with E-state index in [1.807, 2.05) is 12.3 Å². The lowest BCUT2D eigenvalue weighted by atomic mass is 9.91. The maximum absolute atomic E-state index is 5.92. The number of thiocarbonyl (C=S) groups is 1. The summed E-state index contributed by atoms with van der Waals surface area (Å²) >= 11 is 5.24. The molecule has 19 heavy (non-hydrogen) atoms. The molecule has 0 radical (unpaired) electrons. The normalized spacial score (nSPS) is 26.3. The number of aryl methyl sites for hydroxylation is 1. The zero-order valence-corrected chi connectivity index (χ0v) is 12.2. The summed E-state index contributed by atoms with van der Waals surface area (Å²) in [7, 11) is 0. The molecule has 1 aromatic rings. The van der Waals surface area contributed by atoms with Gasteiger partial charge in [0, 0.05) is 18.8 Å². The average molecular weight is 275 g/mol. The molecule has 1 saturated carbocycles. The molecule has 1 aliphatic carbocycles. The quantitative estimate of drug-likeness (QED) is 0.843. The van der Waals surface area contributed by atoms with Crippen LogP contribution in [0.25, 0.3) is 0 Å². The predicted molar refractivity (Wildman–Crippen MR) is 82.6 cm³/mol. The van der Waals surface area contributed by atoms with Crippen molar-refractivity contribution in [2.45, 2.75) is 45.1 Å². The van der Waals surface area contributed by atoms with Gasteiger partial charge >= 0.3 is 0 Å². The van der Waals surface area contributed by atoms with E-state index in [2.05, 4.69) is 16.8 Å². The molecule has 102 valence electrons. The van der Waals surface area contributed by atoms with Gasteiger partial charge in [0.1, 0.15) is 10.8 Å². The lowest BCUT2D eigenvalue weighted by Crippen LogP contribution is -2.44. The van der Waals surface area contributed by atoms with Gasteiger partial charge in [-0.1, -0.05) is 18.6 Å². The van der Waals surface area contributed by atoms with Crippen LogP contribution in [0.4, 0.5) is 5.82 Å². The molecule has 2 N–H and O–H groups in total. The van der Waals surface area contributed by atoms with Crippen LogP contribution in [0, 0.1) is 12.8 Å². The molecule has 3 rings (SSSR count). The number of fused-ring (bicyclic) bond motifs is 1. The van der Waals surface area contributed by atoms with E-state index in [0.29, 0.717) is 11.0 Å². The van der Waals surface area contributed by atoms with Crippen LogP contribution in [0.5, 0.6) is 0 Å². The first kappa shape index (κ1) is 12.9. The van der Waals surface area contributed by atoms with Crippen LogP contribution in [0.3, 0.4) is 0 Å².